The molecule has 2 rings (SSSR count). The van der Waals surface area contributed by atoms with Crippen molar-refractivity contribution < 1.29 is 19.0 Å². The molecular weight excluding hydrogens is 374 g/mol. The standard InChI is InChI=1S/C15H14FIO3/c1-19-13-7-11(12(16)8-14(13)20-2)15(18)9-4-3-5-10(17)6-9/h3-8,15,18H,1-2H3. The maximum absolute atomic E-state index is 14.1. The summed E-state index contributed by atoms with van der Waals surface area (Å²) in [5, 5.41) is 10.3. The molecule has 1 unspecified atom stereocenters. The summed E-state index contributed by atoms with van der Waals surface area (Å²) in [6.45, 7) is 0. The van der Waals surface area contributed by atoms with E-state index in [9.17, 15) is 9.50 Å². The van der Waals surface area contributed by atoms with Crippen LogP contribution in [0.2, 0.25) is 0 Å². The van der Waals surface area contributed by atoms with Gasteiger partial charge in [0, 0.05) is 15.2 Å². The van der Waals surface area contributed by atoms with Crippen molar-refractivity contribution in [2.75, 3.05) is 14.2 Å². The molecule has 0 aromatic heterocycles. The lowest BCUT2D eigenvalue weighted by atomic mass is 10.0. The monoisotopic (exact) mass is 388 g/mol. The smallest absolute Gasteiger partial charge is 0.163 e. The van der Waals surface area contributed by atoms with Gasteiger partial charge in [-0.3, -0.25) is 0 Å². The molecule has 5 heteroatoms. The number of aliphatic hydroxyl groups is 1. The van der Waals surface area contributed by atoms with Crippen molar-refractivity contribution in [1.82, 2.24) is 0 Å². The number of halogens is 2. The molecule has 3 nitrogen and oxygen atoms in total. The number of methoxy groups -OCH3 is 2. The molecular formula is C15H14FIO3. The van der Waals surface area contributed by atoms with Crippen LogP contribution in [-0.2, 0) is 0 Å². The number of rotatable bonds is 4. The molecule has 0 aliphatic rings. The molecule has 0 saturated heterocycles. The number of benzene rings is 2. The summed E-state index contributed by atoms with van der Waals surface area (Å²) in [6, 6.07) is 9.95. The molecule has 0 amide bonds. The Balaban J connectivity index is 2.46. The highest BCUT2D eigenvalue weighted by molar-refractivity contribution is 14.1. The van der Waals surface area contributed by atoms with Crippen LogP contribution < -0.4 is 9.47 Å². The predicted octanol–water partition coefficient (Wildman–Crippen LogP) is 3.53. The van der Waals surface area contributed by atoms with Crippen LogP contribution in [0, 0.1) is 9.39 Å². The highest BCUT2D eigenvalue weighted by Gasteiger charge is 2.19. The van der Waals surface area contributed by atoms with E-state index in [2.05, 4.69) is 22.6 Å². The molecule has 0 aliphatic carbocycles. The highest BCUT2D eigenvalue weighted by atomic mass is 127. The first kappa shape index (κ1) is 15.1. The normalized spacial score (nSPS) is 12.1. The molecule has 106 valence electrons. The Morgan fingerprint density at radius 3 is 2.35 bits per heavy atom. The largest absolute Gasteiger partial charge is 0.493 e. The van der Waals surface area contributed by atoms with Gasteiger partial charge in [0.1, 0.15) is 11.9 Å². The van der Waals surface area contributed by atoms with Gasteiger partial charge in [-0.1, -0.05) is 12.1 Å². The van der Waals surface area contributed by atoms with Crippen LogP contribution in [-0.4, -0.2) is 19.3 Å². The maximum atomic E-state index is 14.1. The van der Waals surface area contributed by atoms with Crippen molar-refractivity contribution >= 4 is 22.6 Å². The molecule has 2 aromatic carbocycles. The van der Waals surface area contributed by atoms with Crippen LogP contribution in [0.15, 0.2) is 36.4 Å². The van der Waals surface area contributed by atoms with Crippen molar-refractivity contribution in [3.8, 4) is 11.5 Å². The summed E-state index contributed by atoms with van der Waals surface area (Å²) in [5.74, 6) is 0.145. The Labute approximate surface area is 130 Å². The van der Waals surface area contributed by atoms with E-state index in [-0.39, 0.29) is 5.56 Å². The molecule has 0 saturated carbocycles. The maximum Gasteiger partial charge on any atom is 0.163 e. The first-order valence-corrected chi connectivity index (χ1v) is 6.99. The van der Waals surface area contributed by atoms with Gasteiger partial charge in [0.25, 0.3) is 0 Å². The summed E-state index contributed by atoms with van der Waals surface area (Å²) < 4.78 is 25.2. The van der Waals surface area contributed by atoms with E-state index < -0.39 is 11.9 Å². The van der Waals surface area contributed by atoms with Crippen molar-refractivity contribution in [2.45, 2.75) is 6.10 Å². The quantitative estimate of drug-likeness (QED) is 0.815. The number of hydrogen-bond acceptors (Lipinski definition) is 3. The summed E-state index contributed by atoms with van der Waals surface area (Å²) in [4.78, 5) is 0. The van der Waals surface area contributed by atoms with E-state index in [4.69, 9.17) is 9.47 Å². The molecule has 0 heterocycles. The van der Waals surface area contributed by atoms with E-state index >= 15 is 0 Å². The van der Waals surface area contributed by atoms with Gasteiger partial charge >= 0.3 is 0 Å². The summed E-state index contributed by atoms with van der Waals surface area (Å²) >= 11 is 2.14. The Hall–Kier alpha value is -1.34. The van der Waals surface area contributed by atoms with Gasteiger partial charge in [-0.2, -0.15) is 0 Å². The summed E-state index contributed by atoms with van der Waals surface area (Å²) in [6.07, 6.45) is -1.05. The minimum atomic E-state index is -1.05. The summed E-state index contributed by atoms with van der Waals surface area (Å²) in [7, 11) is 2.91. The van der Waals surface area contributed by atoms with Crippen LogP contribution in [0.3, 0.4) is 0 Å². The van der Waals surface area contributed by atoms with Crippen LogP contribution in [0.25, 0.3) is 0 Å². The van der Waals surface area contributed by atoms with Gasteiger partial charge in [-0.15, -0.1) is 0 Å². The number of ether oxygens (including phenoxy) is 2. The third kappa shape index (κ3) is 3.04. The molecule has 0 radical (unpaired) electrons. The van der Waals surface area contributed by atoms with E-state index in [1.165, 1.54) is 26.4 Å². The van der Waals surface area contributed by atoms with Gasteiger partial charge < -0.3 is 14.6 Å². The minimum absolute atomic E-state index is 0.157. The van der Waals surface area contributed by atoms with Crippen molar-refractivity contribution in [1.29, 1.82) is 0 Å². The van der Waals surface area contributed by atoms with Gasteiger partial charge in [-0.25, -0.2) is 4.39 Å². The zero-order valence-corrected chi connectivity index (χ0v) is 13.2. The van der Waals surface area contributed by atoms with E-state index in [0.29, 0.717) is 17.1 Å². The van der Waals surface area contributed by atoms with E-state index in [1.54, 1.807) is 12.1 Å². The topological polar surface area (TPSA) is 38.7 Å². The fraction of sp³-hybridized carbons (Fsp3) is 0.200. The number of aliphatic hydroxyl groups excluding tert-OH is 1. The van der Waals surface area contributed by atoms with Crippen molar-refractivity contribution in [2.24, 2.45) is 0 Å². The molecule has 1 atom stereocenters. The van der Waals surface area contributed by atoms with Crippen molar-refractivity contribution in [3.05, 3.63) is 56.9 Å². The fourth-order valence-corrected chi connectivity index (χ4v) is 2.50. The minimum Gasteiger partial charge on any atom is -0.493 e. The molecule has 0 fully saturated rings. The Morgan fingerprint density at radius 1 is 1.10 bits per heavy atom. The van der Waals surface area contributed by atoms with Crippen LogP contribution >= 0.6 is 22.6 Å². The lowest BCUT2D eigenvalue weighted by molar-refractivity contribution is 0.213. The average molecular weight is 388 g/mol. The molecule has 20 heavy (non-hydrogen) atoms. The third-order valence-corrected chi connectivity index (χ3v) is 3.63. The van der Waals surface area contributed by atoms with Crippen LogP contribution in [0.5, 0.6) is 11.5 Å². The second-order valence-electron chi connectivity index (χ2n) is 4.19. The van der Waals surface area contributed by atoms with Gasteiger partial charge in [0.15, 0.2) is 11.5 Å². The van der Waals surface area contributed by atoms with E-state index in [1.807, 2.05) is 12.1 Å². The first-order chi connectivity index (χ1) is 9.56. The second-order valence-corrected chi connectivity index (χ2v) is 5.43. The fourth-order valence-electron chi connectivity index (χ4n) is 1.94. The van der Waals surface area contributed by atoms with Gasteiger partial charge in [-0.05, 0) is 46.4 Å². The average Bonchev–Trinajstić information content (AvgIpc) is 2.46. The molecule has 0 bridgehead atoms. The highest BCUT2D eigenvalue weighted by Crippen LogP contribution is 2.34. The Kier molecular flexibility index (Phi) is 4.82. The summed E-state index contributed by atoms with van der Waals surface area (Å²) in [5.41, 5.74) is 0.785. The zero-order valence-electron chi connectivity index (χ0n) is 11.1. The first-order valence-electron chi connectivity index (χ1n) is 5.91. The molecule has 0 spiro atoms. The Morgan fingerprint density at radius 2 is 1.75 bits per heavy atom. The second kappa shape index (κ2) is 6.41. The predicted molar refractivity (Wildman–Crippen MR) is 82.7 cm³/mol. The third-order valence-electron chi connectivity index (χ3n) is 2.96. The van der Waals surface area contributed by atoms with E-state index in [0.717, 1.165) is 3.57 Å². The molecule has 1 N–H and O–H groups in total. The van der Waals surface area contributed by atoms with Crippen LogP contribution in [0.4, 0.5) is 4.39 Å². The molecule has 2 aromatic rings. The van der Waals surface area contributed by atoms with Crippen molar-refractivity contribution in [3.63, 3.8) is 0 Å². The van der Waals surface area contributed by atoms with Crippen LogP contribution in [0.1, 0.15) is 17.2 Å². The lowest BCUT2D eigenvalue weighted by Gasteiger charge is -2.16. The Bertz CT molecular complexity index is 616. The lowest BCUT2D eigenvalue weighted by Crippen LogP contribution is -2.04. The van der Waals surface area contributed by atoms with Gasteiger partial charge in [0.2, 0.25) is 0 Å². The SMILES string of the molecule is COc1cc(F)c(C(O)c2cccc(I)c2)cc1OC. The zero-order chi connectivity index (χ0) is 14.7. The molecule has 0 aliphatic heterocycles. The van der Waals surface area contributed by atoms with Gasteiger partial charge in [0.05, 0.1) is 14.2 Å². The number of hydrogen-bond donors (Lipinski definition) is 1.